The number of carbonyl (C=O) groups is 1. The quantitative estimate of drug-likeness (QED) is 0.556. The zero-order valence-corrected chi connectivity index (χ0v) is 13.1. The fraction of sp³-hybridized carbons (Fsp3) is 0.944. The van der Waals surface area contributed by atoms with E-state index in [-0.39, 0.29) is 11.4 Å². The first-order valence-corrected chi connectivity index (χ1v) is 8.96. The molecule has 0 aromatic rings. The number of esters is 1. The van der Waals surface area contributed by atoms with Gasteiger partial charge in [0.05, 0.1) is 13.0 Å². The molecule has 0 bridgehead atoms. The lowest BCUT2D eigenvalue weighted by molar-refractivity contribution is -0.137. The van der Waals surface area contributed by atoms with Crippen LogP contribution in [0.1, 0.15) is 96.3 Å². The van der Waals surface area contributed by atoms with Crippen LogP contribution in [0.4, 0.5) is 0 Å². The largest absolute Gasteiger partial charge is 0.465 e. The van der Waals surface area contributed by atoms with Gasteiger partial charge in [0.15, 0.2) is 0 Å². The van der Waals surface area contributed by atoms with Gasteiger partial charge in [0.1, 0.15) is 0 Å². The minimum Gasteiger partial charge on any atom is -0.465 e. The second kappa shape index (κ2) is 8.69. The third kappa shape index (κ3) is 5.46. The van der Waals surface area contributed by atoms with Crippen molar-refractivity contribution in [2.45, 2.75) is 96.3 Å². The maximum absolute atomic E-state index is 11.5. The number of hydrogen-bond donors (Lipinski definition) is 0. The molecular formula is C18H32O2. The number of hydrogen-bond acceptors (Lipinski definition) is 2. The summed E-state index contributed by atoms with van der Waals surface area (Å²) in [6.07, 6.45) is 19.7. The summed E-state index contributed by atoms with van der Waals surface area (Å²) in [7, 11) is 0. The summed E-state index contributed by atoms with van der Waals surface area (Å²) in [5.41, 5.74) is 0.206. The van der Waals surface area contributed by atoms with Gasteiger partial charge in [-0.3, -0.25) is 4.79 Å². The first-order chi connectivity index (χ1) is 9.81. The predicted octanol–water partition coefficient (Wildman–Crippen LogP) is 5.39. The van der Waals surface area contributed by atoms with Gasteiger partial charge in [-0.2, -0.15) is 0 Å². The lowest BCUT2D eigenvalue weighted by atomic mass is 9.77. The lowest BCUT2D eigenvalue weighted by Gasteiger charge is -2.26. The van der Waals surface area contributed by atoms with E-state index in [1.165, 1.54) is 89.9 Å². The molecule has 1 spiro atoms. The molecule has 116 valence electrons. The molecule has 0 radical (unpaired) electrons. The molecule has 0 unspecified atom stereocenters. The molecule has 2 heteroatoms. The summed E-state index contributed by atoms with van der Waals surface area (Å²) < 4.78 is 5.30. The van der Waals surface area contributed by atoms with E-state index in [1.54, 1.807) is 0 Å². The number of rotatable bonds is 0. The van der Waals surface area contributed by atoms with E-state index in [0.29, 0.717) is 13.0 Å². The Labute approximate surface area is 124 Å². The van der Waals surface area contributed by atoms with Crippen LogP contribution in [0.25, 0.3) is 0 Å². The molecule has 2 fully saturated rings. The van der Waals surface area contributed by atoms with E-state index in [0.717, 1.165) is 0 Å². The van der Waals surface area contributed by atoms with E-state index < -0.39 is 0 Å². The van der Waals surface area contributed by atoms with Gasteiger partial charge in [0.2, 0.25) is 0 Å². The summed E-state index contributed by atoms with van der Waals surface area (Å²) in [5, 5.41) is 0. The highest BCUT2D eigenvalue weighted by molar-refractivity contribution is 5.72. The molecule has 2 rings (SSSR count). The van der Waals surface area contributed by atoms with Crippen LogP contribution in [0.3, 0.4) is 0 Å². The maximum Gasteiger partial charge on any atom is 0.306 e. The minimum atomic E-state index is 0.0444. The zero-order valence-electron chi connectivity index (χ0n) is 13.1. The Morgan fingerprint density at radius 1 is 0.650 bits per heavy atom. The van der Waals surface area contributed by atoms with Crippen LogP contribution in [-0.2, 0) is 9.53 Å². The SMILES string of the molecule is O=C1CC2(CCCCCCCCCCCCCC2)CO1. The molecule has 2 aliphatic rings. The van der Waals surface area contributed by atoms with Gasteiger partial charge in [-0.15, -0.1) is 0 Å². The summed E-state index contributed by atoms with van der Waals surface area (Å²) >= 11 is 0. The molecule has 1 heterocycles. The molecule has 0 aromatic carbocycles. The molecule has 1 saturated heterocycles. The van der Waals surface area contributed by atoms with Gasteiger partial charge in [-0.1, -0.05) is 77.0 Å². The summed E-state index contributed by atoms with van der Waals surface area (Å²) in [4.78, 5) is 11.5. The average Bonchev–Trinajstić information content (AvgIpc) is 2.80. The third-order valence-electron chi connectivity index (χ3n) is 5.22. The zero-order chi connectivity index (χ0) is 14.1. The Balaban J connectivity index is 1.80. The first kappa shape index (κ1) is 15.9. The molecule has 1 aliphatic heterocycles. The topological polar surface area (TPSA) is 26.3 Å². The highest BCUT2D eigenvalue weighted by Gasteiger charge is 2.39. The fourth-order valence-corrected chi connectivity index (χ4v) is 3.86. The molecule has 0 atom stereocenters. The molecule has 0 aromatic heterocycles. The van der Waals surface area contributed by atoms with E-state index in [9.17, 15) is 4.79 Å². The molecule has 2 nitrogen and oxygen atoms in total. The molecule has 1 saturated carbocycles. The van der Waals surface area contributed by atoms with E-state index in [2.05, 4.69) is 0 Å². The maximum atomic E-state index is 11.5. The van der Waals surface area contributed by atoms with Crippen LogP contribution in [0.5, 0.6) is 0 Å². The Hall–Kier alpha value is -0.530. The normalized spacial score (nSPS) is 26.7. The van der Waals surface area contributed by atoms with Crippen molar-refractivity contribution in [1.82, 2.24) is 0 Å². The summed E-state index contributed by atoms with van der Waals surface area (Å²) in [6.45, 7) is 0.700. The smallest absolute Gasteiger partial charge is 0.306 e. The van der Waals surface area contributed by atoms with Gasteiger partial charge in [0.25, 0.3) is 0 Å². The van der Waals surface area contributed by atoms with E-state index in [1.807, 2.05) is 0 Å². The predicted molar refractivity (Wildman–Crippen MR) is 82.6 cm³/mol. The van der Waals surface area contributed by atoms with E-state index in [4.69, 9.17) is 4.74 Å². The van der Waals surface area contributed by atoms with Gasteiger partial charge in [-0.05, 0) is 12.8 Å². The highest BCUT2D eigenvalue weighted by atomic mass is 16.5. The van der Waals surface area contributed by atoms with Crippen LogP contribution >= 0.6 is 0 Å². The van der Waals surface area contributed by atoms with Crippen LogP contribution in [0.15, 0.2) is 0 Å². The van der Waals surface area contributed by atoms with Gasteiger partial charge < -0.3 is 4.74 Å². The molecule has 0 N–H and O–H groups in total. The lowest BCUT2D eigenvalue weighted by Crippen LogP contribution is -2.21. The fourth-order valence-electron chi connectivity index (χ4n) is 3.86. The van der Waals surface area contributed by atoms with Crippen molar-refractivity contribution in [2.75, 3.05) is 6.61 Å². The number of carbonyl (C=O) groups excluding carboxylic acids is 1. The Bertz CT molecular complexity index is 269. The number of ether oxygens (including phenoxy) is 1. The van der Waals surface area contributed by atoms with Crippen molar-refractivity contribution >= 4 is 5.97 Å². The summed E-state index contributed by atoms with van der Waals surface area (Å²) in [5.74, 6) is 0.0444. The Morgan fingerprint density at radius 3 is 1.40 bits per heavy atom. The Kier molecular flexibility index (Phi) is 6.89. The van der Waals surface area contributed by atoms with Crippen molar-refractivity contribution in [3.63, 3.8) is 0 Å². The van der Waals surface area contributed by atoms with Crippen LogP contribution in [0, 0.1) is 5.41 Å². The van der Waals surface area contributed by atoms with Crippen molar-refractivity contribution in [3.05, 3.63) is 0 Å². The second-order valence-electron chi connectivity index (χ2n) is 7.08. The summed E-state index contributed by atoms with van der Waals surface area (Å²) in [6, 6.07) is 0. The van der Waals surface area contributed by atoms with Crippen molar-refractivity contribution in [1.29, 1.82) is 0 Å². The third-order valence-corrected chi connectivity index (χ3v) is 5.22. The van der Waals surface area contributed by atoms with Gasteiger partial charge >= 0.3 is 5.97 Å². The van der Waals surface area contributed by atoms with Crippen molar-refractivity contribution < 1.29 is 9.53 Å². The van der Waals surface area contributed by atoms with Crippen molar-refractivity contribution in [2.24, 2.45) is 5.41 Å². The van der Waals surface area contributed by atoms with Crippen LogP contribution < -0.4 is 0 Å². The Morgan fingerprint density at radius 2 is 1.05 bits per heavy atom. The standard InChI is InChI=1S/C18H32O2/c19-17-15-18(16-20-17)13-11-9-7-5-3-1-2-4-6-8-10-12-14-18/h1-16H2. The van der Waals surface area contributed by atoms with Crippen LogP contribution in [-0.4, -0.2) is 12.6 Å². The van der Waals surface area contributed by atoms with E-state index >= 15 is 0 Å². The minimum absolute atomic E-state index is 0.0444. The van der Waals surface area contributed by atoms with Crippen LogP contribution in [0.2, 0.25) is 0 Å². The molecule has 1 aliphatic carbocycles. The number of cyclic esters (lactones) is 1. The molecule has 0 amide bonds. The second-order valence-corrected chi connectivity index (χ2v) is 7.08. The van der Waals surface area contributed by atoms with Crippen molar-refractivity contribution in [3.8, 4) is 0 Å². The molecule has 20 heavy (non-hydrogen) atoms. The monoisotopic (exact) mass is 280 g/mol. The molecular weight excluding hydrogens is 248 g/mol. The average molecular weight is 280 g/mol. The highest BCUT2D eigenvalue weighted by Crippen LogP contribution is 2.40. The van der Waals surface area contributed by atoms with Gasteiger partial charge in [-0.25, -0.2) is 0 Å². The first-order valence-electron chi connectivity index (χ1n) is 8.96. The van der Waals surface area contributed by atoms with Gasteiger partial charge in [0, 0.05) is 5.41 Å².